The minimum absolute atomic E-state index is 0.758. The van der Waals surface area contributed by atoms with Crippen LogP contribution < -0.4 is 5.32 Å². The Bertz CT molecular complexity index is 833. The molecule has 1 amide bonds. The van der Waals surface area contributed by atoms with Gasteiger partial charge in [0, 0.05) is 6.92 Å². The molecule has 9 atom stereocenters. The predicted molar refractivity (Wildman–Crippen MR) is 101 cm³/mol. The summed E-state index contributed by atoms with van der Waals surface area (Å²) in [5, 5.41) is 62.0. The number of carbonyl (C=O) groups excluding carboxylic acids is 1. The highest BCUT2D eigenvalue weighted by Gasteiger charge is 2.48. The minimum atomic E-state index is -4.86. The minimum Gasteiger partial charge on any atom is -0.394 e. The van der Waals surface area contributed by atoms with Crippen molar-refractivity contribution in [1.82, 2.24) is 5.32 Å². The fraction of sp³-hybridized carbons (Fsp3) is 0.929. The van der Waals surface area contributed by atoms with E-state index in [1.54, 1.807) is 0 Å². The first-order valence-electron chi connectivity index (χ1n) is 8.96. The van der Waals surface area contributed by atoms with Crippen LogP contribution in [0.5, 0.6) is 0 Å². The Kier molecular flexibility index (Phi) is 10.3. The lowest BCUT2D eigenvalue weighted by Crippen LogP contribution is -2.63. The zero-order chi connectivity index (χ0) is 25.0. The number of hydrogen-bond acceptors (Lipinski definition) is 13. The van der Waals surface area contributed by atoms with Crippen LogP contribution in [0.25, 0.3) is 0 Å². The second-order valence-corrected chi connectivity index (χ2v) is 10.2. The molecular formula is C14H27NO15S2. The zero-order valence-corrected chi connectivity index (χ0v) is 18.2. The second kappa shape index (κ2) is 11.4. The molecule has 1 aliphatic heterocycles. The van der Waals surface area contributed by atoms with Crippen LogP contribution in [0.1, 0.15) is 6.92 Å². The smallest absolute Gasteiger partial charge is 0.267 e. The molecule has 1 rings (SSSR count). The van der Waals surface area contributed by atoms with Gasteiger partial charge in [0.05, 0.1) is 18.8 Å². The maximum absolute atomic E-state index is 11.3. The van der Waals surface area contributed by atoms with Crippen LogP contribution in [-0.4, -0.2) is 136 Å². The van der Waals surface area contributed by atoms with Gasteiger partial charge >= 0.3 is 0 Å². The Morgan fingerprint density at radius 2 is 1.59 bits per heavy atom. The number of nitrogens with one attached hydrogen (secondary N) is 1. The van der Waals surface area contributed by atoms with E-state index in [4.69, 9.17) is 18.6 Å². The van der Waals surface area contributed by atoms with Crippen molar-refractivity contribution in [2.75, 3.05) is 18.1 Å². The molecule has 1 heterocycles. The Labute approximate surface area is 182 Å². The van der Waals surface area contributed by atoms with Gasteiger partial charge in [-0.15, -0.1) is 0 Å². The van der Waals surface area contributed by atoms with Gasteiger partial charge in [0.15, 0.2) is 6.29 Å². The Hall–Kier alpha value is -1.03. The van der Waals surface area contributed by atoms with Crippen LogP contribution in [0, 0.1) is 0 Å². The number of aliphatic hydroxyl groups is 6. The quantitative estimate of drug-likeness (QED) is 0.116. The highest BCUT2D eigenvalue weighted by Crippen LogP contribution is 2.26. The van der Waals surface area contributed by atoms with Crippen molar-refractivity contribution in [2.24, 2.45) is 0 Å². The lowest BCUT2D eigenvalue weighted by molar-refractivity contribution is -0.317. The number of hydrogen-bond donors (Lipinski definition) is 9. The highest BCUT2D eigenvalue weighted by atomic mass is 32.2. The summed E-state index contributed by atoms with van der Waals surface area (Å²) in [5.74, 6) is -3.44. The summed E-state index contributed by atoms with van der Waals surface area (Å²) in [6.07, 6.45) is -16.7. The van der Waals surface area contributed by atoms with Crippen molar-refractivity contribution in [3.05, 3.63) is 0 Å². The highest BCUT2D eigenvalue weighted by molar-refractivity contribution is 7.86. The van der Waals surface area contributed by atoms with Gasteiger partial charge in [-0.25, -0.2) is 0 Å². The number of aliphatic hydroxyl groups excluding tert-OH is 6. The standard InChI is InChI=1S/C14H27NO15S2/c1-5(17)15-6(2-16)9(19)13(7(18)3-31(23,24)25)30-14-12(22)11(21)10(20)8(29-14)4-32(26,27)28/h6-14,16,18-22H,2-4H2,1H3,(H,15,17)(H,23,24,25)(H,26,27,28)/t6-,7+,8+,9+,10-,11-,12+,13+,14-/m0/s1. The first-order valence-corrected chi connectivity index (χ1v) is 12.2. The monoisotopic (exact) mass is 513 g/mol. The van der Waals surface area contributed by atoms with Gasteiger partial charge in [-0.2, -0.15) is 16.8 Å². The van der Waals surface area contributed by atoms with Crippen LogP contribution >= 0.6 is 0 Å². The average molecular weight is 513 g/mol. The third-order valence-electron chi connectivity index (χ3n) is 4.43. The van der Waals surface area contributed by atoms with E-state index < -0.39 is 99.3 Å². The largest absolute Gasteiger partial charge is 0.394 e. The van der Waals surface area contributed by atoms with E-state index in [1.165, 1.54) is 0 Å². The van der Waals surface area contributed by atoms with Crippen LogP contribution in [0.4, 0.5) is 0 Å². The molecule has 0 spiro atoms. The molecule has 0 radical (unpaired) electrons. The average Bonchev–Trinajstić information content (AvgIpc) is 2.62. The molecule has 9 N–H and O–H groups in total. The molecular weight excluding hydrogens is 486 g/mol. The third-order valence-corrected chi connectivity index (χ3v) is 5.94. The number of amides is 1. The van der Waals surface area contributed by atoms with E-state index in [2.05, 4.69) is 5.32 Å². The maximum Gasteiger partial charge on any atom is 0.267 e. The Morgan fingerprint density at radius 3 is 2.03 bits per heavy atom. The summed E-state index contributed by atoms with van der Waals surface area (Å²) < 4.78 is 72.6. The van der Waals surface area contributed by atoms with Crippen LogP contribution in [0.3, 0.4) is 0 Å². The molecule has 0 bridgehead atoms. The molecule has 190 valence electrons. The Balaban J connectivity index is 3.23. The Morgan fingerprint density at radius 1 is 1.03 bits per heavy atom. The summed E-state index contributed by atoms with van der Waals surface area (Å²) in [6.45, 7) is 0.0610. The zero-order valence-electron chi connectivity index (χ0n) is 16.6. The van der Waals surface area contributed by atoms with Crippen molar-refractivity contribution in [3.63, 3.8) is 0 Å². The van der Waals surface area contributed by atoms with Crippen molar-refractivity contribution in [1.29, 1.82) is 0 Å². The van der Waals surface area contributed by atoms with E-state index >= 15 is 0 Å². The second-order valence-electron chi connectivity index (χ2n) is 7.16. The first kappa shape index (κ1) is 29.0. The molecule has 18 heteroatoms. The molecule has 32 heavy (non-hydrogen) atoms. The fourth-order valence-electron chi connectivity index (χ4n) is 2.97. The number of rotatable bonds is 11. The fourth-order valence-corrected chi connectivity index (χ4v) is 4.28. The topological polar surface area (TPSA) is 278 Å². The van der Waals surface area contributed by atoms with Crippen LogP contribution in [0.15, 0.2) is 0 Å². The van der Waals surface area contributed by atoms with E-state index in [9.17, 15) is 52.3 Å². The molecule has 0 aromatic heterocycles. The van der Waals surface area contributed by atoms with Gasteiger partial charge in [-0.05, 0) is 0 Å². The molecule has 0 aromatic rings. The maximum atomic E-state index is 11.3. The van der Waals surface area contributed by atoms with E-state index in [0.717, 1.165) is 6.92 Å². The summed E-state index contributed by atoms with van der Waals surface area (Å²) in [4.78, 5) is 11.3. The van der Waals surface area contributed by atoms with Gasteiger partial charge in [0.25, 0.3) is 20.2 Å². The molecule has 1 fully saturated rings. The summed E-state index contributed by atoms with van der Waals surface area (Å²) in [7, 11) is -9.62. The van der Waals surface area contributed by atoms with Gasteiger partial charge in [0.2, 0.25) is 5.91 Å². The van der Waals surface area contributed by atoms with Gasteiger partial charge in [0.1, 0.15) is 48.1 Å². The SMILES string of the molecule is CC(=O)N[C@@H](CO)[C@@H](O)[C@H](O[C@@H]1O[C@H](CS(=O)(=O)O)[C@H](O)[C@H](O)[C@H]1O)[C@H](O)CS(=O)(=O)O. The molecule has 0 unspecified atom stereocenters. The number of ether oxygens (including phenoxy) is 2. The van der Waals surface area contributed by atoms with E-state index in [1.807, 2.05) is 0 Å². The summed E-state index contributed by atoms with van der Waals surface area (Å²) >= 11 is 0. The van der Waals surface area contributed by atoms with Gasteiger partial charge < -0.3 is 45.4 Å². The summed E-state index contributed by atoms with van der Waals surface area (Å²) in [5.41, 5.74) is 0. The first-order chi connectivity index (χ1) is 14.5. The molecule has 1 aliphatic rings. The van der Waals surface area contributed by atoms with Crippen LogP contribution in [0.2, 0.25) is 0 Å². The van der Waals surface area contributed by atoms with Crippen molar-refractivity contribution in [2.45, 2.75) is 62.0 Å². The van der Waals surface area contributed by atoms with Crippen LogP contribution in [-0.2, 0) is 34.5 Å². The molecule has 1 saturated heterocycles. The van der Waals surface area contributed by atoms with Crippen molar-refractivity contribution in [3.8, 4) is 0 Å². The number of carbonyl (C=O) groups is 1. The lowest BCUT2D eigenvalue weighted by Gasteiger charge is -2.42. The molecule has 0 saturated carbocycles. The van der Waals surface area contributed by atoms with Gasteiger partial charge in [-0.1, -0.05) is 0 Å². The predicted octanol–water partition coefficient (Wildman–Crippen LogP) is -5.83. The third kappa shape index (κ3) is 8.72. The normalized spacial score (nSPS) is 30.8. The van der Waals surface area contributed by atoms with Crippen molar-refractivity contribution >= 4 is 26.1 Å². The van der Waals surface area contributed by atoms with E-state index in [-0.39, 0.29) is 0 Å². The molecule has 0 aliphatic carbocycles. The molecule has 0 aromatic carbocycles. The molecule has 16 nitrogen and oxygen atoms in total. The van der Waals surface area contributed by atoms with Crippen molar-refractivity contribution < 1.29 is 70.8 Å². The summed E-state index contributed by atoms with van der Waals surface area (Å²) in [6, 6.07) is -1.56. The van der Waals surface area contributed by atoms with Gasteiger partial charge in [-0.3, -0.25) is 13.9 Å². The lowest BCUT2D eigenvalue weighted by atomic mass is 9.98. The van der Waals surface area contributed by atoms with E-state index in [0.29, 0.717) is 0 Å².